The van der Waals surface area contributed by atoms with E-state index in [2.05, 4.69) is 29.2 Å². The average molecular weight is 258 g/mol. The van der Waals surface area contributed by atoms with Crippen LogP contribution in [0.5, 0.6) is 0 Å². The van der Waals surface area contributed by atoms with Crippen LogP contribution in [0, 0.1) is 0 Å². The molecule has 2 nitrogen and oxygen atoms in total. The summed E-state index contributed by atoms with van der Waals surface area (Å²) in [5, 5.41) is 0. The third-order valence-electron chi connectivity index (χ3n) is 3.39. The van der Waals surface area contributed by atoms with Gasteiger partial charge >= 0.3 is 0 Å². The number of halogens is 1. The Kier molecular flexibility index (Phi) is 4.63. The molecule has 0 aliphatic heterocycles. The van der Waals surface area contributed by atoms with E-state index in [-0.39, 0.29) is 12.6 Å². The van der Waals surface area contributed by atoms with Crippen LogP contribution in [0.1, 0.15) is 30.5 Å². The Labute approximate surface area is 113 Å². The minimum Gasteiger partial charge on any atom is -0.325 e. The zero-order valence-corrected chi connectivity index (χ0v) is 11.1. The van der Waals surface area contributed by atoms with Gasteiger partial charge in [-0.3, -0.25) is 9.37 Å². The predicted octanol–water partition coefficient (Wildman–Crippen LogP) is 3.67. The molecule has 19 heavy (non-hydrogen) atoms. The first-order valence-corrected chi connectivity index (χ1v) is 6.56. The topological polar surface area (TPSA) is 38.9 Å². The summed E-state index contributed by atoms with van der Waals surface area (Å²) in [4.78, 5) is 4.29. The lowest BCUT2D eigenvalue weighted by molar-refractivity contribution is 0.448. The van der Waals surface area contributed by atoms with E-state index in [4.69, 9.17) is 5.73 Å². The van der Waals surface area contributed by atoms with Crippen LogP contribution in [0.25, 0.3) is 11.1 Å². The summed E-state index contributed by atoms with van der Waals surface area (Å²) in [5.74, 6) is 0.261. The molecule has 1 unspecified atom stereocenters. The molecule has 0 fully saturated rings. The Morgan fingerprint density at radius 1 is 1.11 bits per heavy atom. The maximum Gasteiger partial charge on any atom is 0.0900 e. The zero-order valence-electron chi connectivity index (χ0n) is 11.1. The van der Waals surface area contributed by atoms with Crippen molar-refractivity contribution in [3.63, 3.8) is 0 Å². The Morgan fingerprint density at radius 2 is 1.79 bits per heavy atom. The van der Waals surface area contributed by atoms with E-state index in [1.54, 1.807) is 0 Å². The maximum atomic E-state index is 12.3. The van der Waals surface area contributed by atoms with Crippen molar-refractivity contribution >= 4 is 0 Å². The first-order valence-electron chi connectivity index (χ1n) is 6.56. The van der Waals surface area contributed by atoms with Crippen molar-refractivity contribution in [2.24, 2.45) is 5.73 Å². The molecular formula is C16H19FN2. The van der Waals surface area contributed by atoms with E-state index in [0.717, 1.165) is 16.8 Å². The van der Waals surface area contributed by atoms with Crippen molar-refractivity contribution in [2.75, 3.05) is 6.67 Å². The van der Waals surface area contributed by atoms with Gasteiger partial charge in [-0.2, -0.15) is 0 Å². The first kappa shape index (κ1) is 13.7. The summed E-state index contributed by atoms with van der Waals surface area (Å²) in [6.07, 6.45) is 2.41. The fourth-order valence-corrected chi connectivity index (χ4v) is 2.05. The molecule has 0 radical (unpaired) electrons. The molecule has 0 saturated heterocycles. The molecule has 0 amide bonds. The number of benzene rings is 1. The van der Waals surface area contributed by atoms with Gasteiger partial charge in [-0.25, -0.2) is 0 Å². The van der Waals surface area contributed by atoms with Crippen molar-refractivity contribution < 1.29 is 4.39 Å². The summed E-state index contributed by atoms with van der Waals surface area (Å²) in [6, 6.07) is 12.2. The normalized spacial score (nSPS) is 12.4. The van der Waals surface area contributed by atoms with Crippen LogP contribution in [0.15, 0.2) is 42.6 Å². The van der Waals surface area contributed by atoms with Crippen LogP contribution in [0.3, 0.4) is 0 Å². The second-order valence-electron chi connectivity index (χ2n) is 4.74. The molecule has 1 aromatic heterocycles. The number of nitrogens with two attached hydrogens (primary N) is 1. The fourth-order valence-electron chi connectivity index (χ4n) is 2.05. The number of pyridine rings is 1. The molecule has 0 saturated carbocycles. The molecule has 2 rings (SSSR count). The highest BCUT2D eigenvalue weighted by atomic mass is 19.1. The van der Waals surface area contributed by atoms with Crippen molar-refractivity contribution in [3.05, 3.63) is 53.9 Å². The number of hydrogen-bond donors (Lipinski definition) is 1. The van der Waals surface area contributed by atoms with Gasteiger partial charge in [0.2, 0.25) is 0 Å². The lowest BCUT2D eigenvalue weighted by Gasteiger charge is -2.10. The van der Waals surface area contributed by atoms with Crippen molar-refractivity contribution in [1.82, 2.24) is 4.98 Å². The number of alkyl halides is 1. The molecule has 0 aliphatic carbocycles. The van der Waals surface area contributed by atoms with Gasteiger partial charge in [-0.15, -0.1) is 0 Å². The summed E-state index contributed by atoms with van der Waals surface area (Å²) >= 11 is 0. The molecule has 3 heteroatoms. The van der Waals surface area contributed by atoms with E-state index in [1.165, 1.54) is 5.56 Å². The number of hydrogen-bond acceptors (Lipinski definition) is 2. The van der Waals surface area contributed by atoms with Crippen molar-refractivity contribution in [3.8, 4) is 11.1 Å². The number of rotatable bonds is 5. The van der Waals surface area contributed by atoms with Crippen LogP contribution < -0.4 is 5.73 Å². The average Bonchev–Trinajstić information content (AvgIpc) is 2.48. The van der Waals surface area contributed by atoms with E-state index < -0.39 is 0 Å². The molecular weight excluding hydrogens is 239 g/mol. The minimum atomic E-state index is -0.270. The first-order chi connectivity index (χ1) is 9.24. The SMILES string of the molecule is CC(CCF)c1ccc(-c2ccc(CN)nc2)cc1. The van der Waals surface area contributed by atoms with Crippen LogP contribution in [-0.2, 0) is 6.54 Å². The largest absolute Gasteiger partial charge is 0.325 e. The summed E-state index contributed by atoms with van der Waals surface area (Å²) < 4.78 is 12.3. The Balaban J connectivity index is 2.17. The van der Waals surface area contributed by atoms with Gasteiger partial charge in [0.25, 0.3) is 0 Å². The van der Waals surface area contributed by atoms with E-state index in [1.807, 2.05) is 25.3 Å². The molecule has 1 heterocycles. The van der Waals surface area contributed by atoms with Crippen molar-refractivity contribution in [2.45, 2.75) is 25.8 Å². The predicted molar refractivity (Wildman–Crippen MR) is 76.6 cm³/mol. The van der Waals surface area contributed by atoms with Gasteiger partial charge in [0, 0.05) is 18.3 Å². The fraction of sp³-hybridized carbons (Fsp3) is 0.312. The van der Waals surface area contributed by atoms with Gasteiger partial charge in [0.05, 0.1) is 12.4 Å². The van der Waals surface area contributed by atoms with E-state index >= 15 is 0 Å². The molecule has 0 bridgehead atoms. The van der Waals surface area contributed by atoms with Crippen LogP contribution in [-0.4, -0.2) is 11.7 Å². The third kappa shape index (κ3) is 3.38. The van der Waals surface area contributed by atoms with Gasteiger partial charge in [-0.1, -0.05) is 37.3 Å². The van der Waals surface area contributed by atoms with Crippen LogP contribution in [0.2, 0.25) is 0 Å². The quantitative estimate of drug-likeness (QED) is 0.888. The standard InChI is InChI=1S/C16H19FN2/c1-12(8-9-17)13-2-4-14(5-3-13)15-6-7-16(10-18)19-11-15/h2-7,11-12H,8-10,18H2,1H3. The second kappa shape index (κ2) is 6.43. The Morgan fingerprint density at radius 3 is 2.32 bits per heavy atom. The van der Waals surface area contributed by atoms with Gasteiger partial charge in [-0.05, 0) is 29.5 Å². The third-order valence-corrected chi connectivity index (χ3v) is 3.39. The molecule has 1 atom stereocenters. The molecule has 100 valence electrons. The lowest BCUT2D eigenvalue weighted by Crippen LogP contribution is -1.98. The summed E-state index contributed by atoms with van der Waals surface area (Å²) in [6.45, 7) is 2.24. The van der Waals surface area contributed by atoms with Gasteiger partial charge in [0.1, 0.15) is 0 Å². The molecule has 2 N–H and O–H groups in total. The molecule has 1 aromatic carbocycles. The zero-order chi connectivity index (χ0) is 13.7. The lowest BCUT2D eigenvalue weighted by atomic mass is 9.96. The van der Waals surface area contributed by atoms with E-state index in [0.29, 0.717) is 13.0 Å². The van der Waals surface area contributed by atoms with Gasteiger partial charge in [0.15, 0.2) is 0 Å². The Bertz CT molecular complexity index is 505. The number of nitrogens with zero attached hydrogens (tertiary/aromatic N) is 1. The highest BCUT2D eigenvalue weighted by molar-refractivity contribution is 5.62. The monoisotopic (exact) mass is 258 g/mol. The summed E-state index contributed by atoms with van der Waals surface area (Å²) in [7, 11) is 0. The highest BCUT2D eigenvalue weighted by Gasteiger charge is 2.05. The number of aromatic nitrogens is 1. The smallest absolute Gasteiger partial charge is 0.0900 e. The van der Waals surface area contributed by atoms with Gasteiger partial charge < -0.3 is 5.73 Å². The Hall–Kier alpha value is -1.74. The van der Waals surface area contributed by atoms with Crippen LogP contribution >= 0.6 is 0 Å². The van der Waals surface area contributed by atoms with E-state index in [9.17, 15) is 4.39 Å². The minimum absolute atomic E-state index is 0.261. The van der Waals surface area contributed by atoms with Crippen LogP contribution in [0.4, 0.5) is 4.39 Å². The highest BCUT2D eigenvalue weighted by Crippen LogP contribution is 2.24. The summed E-state index contributed by atoms with van der Waals surface area (Å²) in [5.41, 5.74) is 9.78. The molecule has 0 spiro atoms. The maximum absolute atomic E-state index is 12.3. The van der Waals surface area contributed by atoms with Crippen molar-refractivity contribution in [1.29, 1.82) is 0 Å². The molecule has 0 aliphatic rings. The molecule has 2 aromatic rings. The second-order valence-corrected chi connectivity index (χ2v) is 4.74.